The van der Waals surface area contributed by atoms with Gasteiger partial charge in [0.1, 0.15) is 11.9 Å². The zero-order valence-electron chi connectivity index (χ0n) is 17.0. The Hall–Kier alpha value is -2.29. The largest absolute Gasteiger partial charge is 0.508 e. The summed E-state index contributed by atoms with van der Waals surface area (Å²) < 4.78 is 5.81. The molecule has 0 bridgehead atoms. The van der Waals surface area contributed by atoms with Crippen molar-refractivity contribution in [2.24, 2.45) is 5.41 Å². The van der Waals surface area contributed by atoms with Crippen LogP contribution in [0.25, 0.3) is 6.08 Å². The lowest BCUT2D eigenvalue weighted by atomic mass is 9.81. The van der Waals surface area contributed by atoms with Gasteiger partial charge >= 0.3 is 5.97 Å². The number of benzene rings is 1. The van der Waals surface area contributed by atoms with E-state index in [0.29, 0.717) is 0 Å². The molecule has 3 heteroatoms. The van der Waals surface area contributed by atoms with Crippen LogP contribution in [0.2, 0.25) is 0 Å². The van der Waals surface area contributed by atoms with Crippen molar-refractivity contribution in [1.82, 2.24) is 0 Å². The van der Waals surface area contributed by atoms with Crippen LogP contribution in [-0.4, -0.2) is 17.2 Å². The SMILES string of the molecule is C/C1=C\CC(C)(C)C[C@H](OC(=O)/C=C/c2ccc(O)cc2)C/C(C)=C/CC1. The number of rotatable bonds is 3. The molecule has 1 aromatic carbocycles. The Bertz CT molecular complexity index is 720. The van der Waals surface area contributed by atoms with Crippen molar-refractivity contribution in [2.75, 3.05) is 0 Å². The van der Waals surface area contributed by atoms with Gasteiger partial charge in [-0.2, -0.15) is 0 Å². The molecule has 1 aliphatic rings. The van der Waals surface area contributed by atoms with Crippen LogP contribution in [0.3, 0.4) is 0 Å². The number of carbonyl (C=O) groups is 1. The maximum absolute atomic E-state index is 12.4. The minimum Gasteiger partial charge on any atom is -0.508 e. The molecule has 27 heavy (non-hydrogen) atoms. The van der Waals surface area contributed by atoms with Crippen LogP contribution in [0.5, 0.6) is 5.75 Å². The van der Waals surface area contributed by atoms with E-state index in [2.05, 4.69) is 39.8 Å². The van der Waals surface area contributed by atoms with Gasteiger partial charge in [0.15, 0.2) is 0 Å². The molecule has 0 amide bonds. The Morgan fingerprint density at radius 3 is 2.56 bits per heavy atom. The molecule has 1 aliphatic carbocycles. The summed E-state index contributed by atoms with van der Waals surface area (Å²) in [5.74, 6) is -0.112. The van der Waals surface area contributed by atoms with E-state index >= 15 is 0 Å². The molecule has 3 nitrogen and oxygen atoms in total. The molecule has 0 unspecified atom stereocenters. The summed E-state index contributed by atoms with van der Waals surface area (Å²) in [6, 6.07) is 6.72. The summed E-state index contributed by atoms with van der Waals surface area (Å²) in [6.07, 6.45) is 12.4. The molecule has 2 rings (SSSR count). The minimum absolute atomic E-state index is 0.0809. The van der Waals surface area contributed by atoms with Crippen LogP contribution < -0.4 is 0 Å². The molecule has 0 fully saturated rings. The molecule has 0 spiro atoms. The number of carbonyl (C=O) groups excluding carboxylic acids is 1. The molecule has 0 saturated carbocycles. The minimum atomic E-state index is -0.321. The Kier molecular flexibility index (Phi) is 7.46. The lowest BCUT2D eigenvalue weighted by Crippen LogP contribution is -2.25. The monoisotopic (exact) mass is 368 g/mol. The van der Waals surface area contributed by atoms with E-state index in [1.54, 1.807) is 30.3 Å². The van der Waals surface area contributed by atoms with Gasteiger partial charge < -0.3 is 9.84 Å². The summed E-state index contributed by atoms with van der Waals surface area (Å²) in [4.78, 5) is 12.4. The highest BCUT2D eigenvalue weighted by Gasteiger charge is 2.25. The quantitative estimate of drug-likeness (QED) is 0.392. The van der Waals surface area contributed by atoms with Crippen molar-refractivity contribution in [2.45, 2.75) is 65.9 Å². The van der Waals surface area contributed by atoms with Crippen molar-refractivity contribution < 1.29 is 14.6 Å². The number of hydrogen-bond donors (Lipinski definition) is 1. The van der Waals surface area contributed by atoms with Crippen LogP contribution in [-0.2, 0) is 9.53 Å². The second-order valence-electron chi connectivity index (χ2n) is 8.40. The van der Waals surface area contributed by atoms with E-state index in [0.717, 1.165) is 37.7 Å². The van der Waals surface area contributed by atoms with Crippen molar-refractivity contribution in [3.63, 3.8) is 0 Å². The van der Waals surface area contributed by atoms with Gasteiger partial charge in [0.25, 0.3) is 0 Å². The summed E-state index contributed by atoms with van der Waals surface area (Å²) in [5.41, 5.74) is 3.64. The van der Waals surface area contributed by atoms with Gasteiger partial charge in [-0.15, -0.1) is 0 Å². The summed E-state index contributed by atoms with van der Waals surface area (Å²) in [7, 11) is 0. The fraction of sp³-hybridized carbons (Fsp3) is 0.458. The van der Waals surface area contributed by atoms with Crippen LogP contribution in [0.4, 0.5) is 0 Å². The van der Waals surface area contributed by atoms with Gasteiger partial charge in [0, 0.05) is 12.5 Å². The lowest BCUT2D eigenvalue weighted by Gasteiger charge is -2.29. The molecule has 0 heterocycles. The molecular formula is C24H32O3. The van der Waals surface area contributed by atoms with E-state index < -0.39 is 0 Å². The maximum atomic E-state index is 12.4. The van der Waals surface area contributed by atoms with Gasteiger partial charge in [0.2, 0.25) is 0 Å². The smallest absolute Gasteiger partial charge is 0.331 e. The van der Waals surface area contributed by atoms with Gasteiger partial charge in [-0.3, -0.25) is 0 Å². The first kappa shape index (κ1) is 21.0. The Labute approximate surface area is 163 Å². The molecular weight excluding hydrogens is 336 g/mol. The van der Waals surface area contributed by atoms with Crippen LogP contribution in [0.1, 0.15) is 65.4 Å². The maximum Gasteiger partial charge on any atom is 0.331 e. The first-order valence-electron chi connectivity index (χ1n) is 9.72. The van der Waals surface area contributed by atoms with Crippen molar-refractivity contribution >= 4 is 12.0 Å². The summed E-state index contributed by atoms with van der Waals surface area (Å²) >= 11 is 0. The number of phenols is 1. The highest BCUT2D eigenvalue weighted by molar-refractivity contribution is 5.87. The molecule has 1 atom stereocenters. The molecule has 146 valence electrons. The highest BCUT2D eigenvalue weighted by Crippen LogP contribution is 2.32. The van der Waals surface area contributed by atoms with E-state index in [9.17, 15) is 9.90 Å². The molecule has 1 aromatic rings. The average Bonchev–Trinajstić information content (AvgIpc) is 2.60. The third kappa shape index (κ3) is 7.86. The van der Waals surface area contributed by atoms with E-state index in [-0.39, 0.29) is 23.2 Å². The second kappa shape index (κ2) is 9.59. The lowest BCUT2D eigenvalue weighted by molar-refractivity contribution is -0.144. The van der Waals surface area contributed by atoms with Crippen molar-refractivity contribution in [3.05, 3.63) is 59.2 Å². The fourth-order valence-corrected chi connectivity index (χ4v) is 3.35. The number of aromatic hydroxyl groups is 1. The van der Waals surface area contributed by atoms with E-state index in [4.69, 9.17) is 4.74 Å². The van der Waals surface area contributed by atoms with E-state index in [1.165, 1.54) is 17.2 Å². The van der Waals surface area contributed by atoms with Gasteiger partial charge in [-0.05, 0) is 68.7 Å². The number of esters is 1. The van der Waals surface area contributed by atoms with Crippen LogP contribution in [0.15, 0.2) is 53.6 Å². The molecule has 1 N–H and O–H groups in total. The predicted molar refractivity (Wildman–Crippen MR) is 111 cm³/mol. The first-order chi connectivity index (χ1) is 12.7. The van der Waals surface area contributed by atoms with Gasteiger partial charge in [-0.1, -0.05) is 49.3 Å². The highest BCUT2D eigenvalue weighted by atomic mass is 16.5. The third-order valence-electron chi connectivity index (χ3n) is 4.95. The predicted octanol–water partition coefficient (Wildman–Crippen LogP) is 6.20. The topological polar surface area (TPSA) is 46.5 Å². The summed E-state index contributed by atoms with van der Waals surface area (Å²) in [5, 5.41) is 9.33. The third-order valence-corrected chi connectivity index (χ3v) is 4.95. The van der Waals surface area contributed by atoms with Gasteiger partial charge in [-0.25, -0.2) is 4.79 Å². The normalized spacial score (nSPS) is 25.0. The van der Waals surface area contributed by atoms with Gasteiger partial charge in [0.05, 0.1) is 0 Å². The number of phenolic OH excluding ortho intramolecular Hbond substituents is 1. The second-order valence-corrected chi connectivity index (χ2v) is 8.40. The number of ether oxygens (including phenoxy) is 1. The average molecular weight is 369 g/mol. The van der Waals surface area contributed by atoms with Crippen molar-refractivity contribution in [3.8, 4) is 5.75 Å². The summed E-state index contributed by atoms with van der Waals surface area (Å²) in [6.45, 7) is 8.79. The van der Waals surface area contributed by atoms with E-state index in [1.807, 2.05) is 0 Å². The van der Waals surface area contributed by atoms with Crippen LogP contribution in [0, 0.1) is 5.41 Å². The fourth-order valence-electron chi connectivity index (χ4n) is 3.35. The first-order valence-corrected chi connectivity index (χ1v) is 9.72. The number of allylic oxidation sites excluding steroid dienone is 3. The molecule has 0 radical (unpaired) electrons. The Balaban J connectivity index is 2.07. The molecule has 0 saturated heterocycles. The van der Waals surface area contributed by atoms with Crippen molar-refractivity contribution in [1.29, 1.82) is 0 Å². The standard InChI is InChI=1S/C24H32O3/c1-18-6-5-7-19(2)16-22(17-24(3,4)15-14-18)27-23(26)13-10-20-8-11-21(25)12-9-20/h7-14,22,25H,5-6,15-17H2,1-4H3/b13-10+,18-14+,19-7+/t22-/m1/s1. The zero-order chi connectivity index (χ0) is 19.9. The number of hydrogen-bond acceptors (Lipinski definition) is 3. The zero-order valence-corrected chi connectivity index (χ0v) is 17.0. The molecule has 0 aliphatic heterocycles. The Morgan fingerprint density at radius 1 is 1.15 bits per heavy atom. The Morgan fingerprint density at radius 2 is 1.85 bits per heavy atom. The molecule has 0 aromatic heterocycles. The van der Waals surface area contributed by atoms with Crippen LogP contribution >= 0.6 is 0 Å².